The average Bonchev–Trinajstić information content (AvgIpc) is 2.61. The van der Waals surface area contributed by atoms with Gasteiger partial charge in [0.25, 0.3) is 0 Å². The number of halogens is 1. The van der Waals surface area contributed by atoms with Gasteiger partial charge in [-0.2, -0.15) is 0 Å². The Morgan fingerprint density at radius 3 is 2.16 bits per heavy atom. The van der Waals surface area contributed by atoms with Gasteiger partial charge in [-0.3, -0.25) is 4.79 Å². The van der Waals surface area contributed by atoms with Gasteiger partial charge in [-0.05, 0) is 38.5 Å². The molecular formula is C21H41BrO3. The molecule has 0 aromatic rings. The first-order valence-electron chi connectivity index (χ1n) is 10.6. The minimum Gasteiger partial charge on any atom is -0.466 e. The van der Waals surface area contributed by atoms with Crippen LogP contribution in [0.4, 0.5) is 0 Å². The quantitative estimate of drug-likeness (QED) is 0.131. The molecule has 0 aromatic heterocycles. The summed E-state index contributed by atoms with van der Waals surface area (Å²) in [6, 6.07) is 0. The van der Waals surface area contributed by atoms with Crippen molar-refractivity contribution in [2.45, 2.75) is 110 Å². The maximum Gasteiger partial charge on any atom is 0.305 e. The predicted molar refractivity (Wildman–Crippen MR) is 110 cm³/mol. The van der Waals surface area contributed by atoms with Crippen LogP contribution in [0.25, 0.3) is 0 Å². The summed E-state index contributed by atoms with van der Waals surface area (Å²) in [5.74, 6) is -0.0405. The molecule has 25 heavy (non-hydrogen) atoms. The van der Waals surface area contributed by atoms with Gasteiger partial charge in [0.05, 0.1) is 12.7 Å². The second kappa shape index (κ2) is 20.2. The largest absolute Gasteiger partial charge is 0.466 e. The van der Waals surface area contributed by atoms with Crippen molar-refractivity contribution < 1.29 is 14.3 Å². The predicted octanol–water partition coefficient (Wildman–Crippen LogP) is 6.81. The highest BCUT2D eigenvalue weighted by Gasteiger charge is 2.08. The van der Waals surface area contributed by atoms with Gasteiger partial charge in [0.2, 0.25) is 0 Å². The van der Waals surface area contributed by atoms with Crippen LogP contribution in [0.15, 0.2) is 0 Å². The van der Waals surface area contributed by atoms with E-state index in [1.165, 1.54) is 57.8 Å². The van der Waals surface area contributed by atoms with Crippen molar-refractivity contribution in [1.29, 1.82) is 0 Å². The fourth-order valence-electron chi connectivity index (χ4n) is 2.78. The zero-order valence-electron chi connectivity index (χ0n) is 16.7. The molecule has 1 unspecified atom stereocenters. The Bertz CT molecular complexity index is 274. The summed E-state index contributed by atoms with van der Waals surface area (Å²) in [6.45, 7) is 5.96. The smallest absolute Gasteiger partial charge is 0.305 e. The fraction of sp³-hybridized carbons (Fsp3) is 0.952. The second-order valence-electron chi connectivity index (χ2n) is 6.91. The van der Waals surface area contributed by atoms with E-state index in [2.05, 4.69) is 29.8 Å². The summed E-state index contributed by atoms with van der Waals surface area (Å²) >= 11 is 3.37. The molecular weight excluding hydrogens is 380 g/mol. The van der Waals surface area contributed by atoms with Crippen LogP contribution in [0.2, 0.25) is 0 Å². The Kier molecular flexibility index (Phi) is 20.2. The molecule has 4 heteroatoms. The SMILES string of the molecule is CCCCCC(CCCCCCOC(=O)CCCCBr)OCCCC. The van der Waals surface area contributed by atoms with Crippen LogP contribution in [0.3, 0.4) is 0 Å². The van der Waals surface area contributed by atoms with Crippen molar-refractivity contribution in [1.82, 2.24) is 0 Å². The highest BCUT2D eigenvalue weighted by Crippen LogP contribution is 2.15. The van der Waals surface area contributed by atoms with Crippen molar-refractivity contribution in [3.05, 3.63) is 0 Å². The molecule has 0 heterocycles. The fourth-order valence-corrected chi connectivity index (χ4v) is 3.17. The molecule has 0 rings (SSSR count). The maximum atomic E-state index is 11.5. The lowest BCUT2D eigenvalue weighted by atomic mass is 10.0. The topological polar surface area (TPSA) is 35.5 Å². The van der Waals surface area contributed by atoms with Crippen LogP contribution in [0.5, 0.6) is 0 Å². The van der Waals surface area contributed by atoms with Gasteiger partial charge in [0.15, 0.2) is 0 Å². The second-order valence-corrected chi connectivity index (χ2v) is 7.70. The number of hydrogen-bond donors (Lipinski definition) is 0. The molecule has 0 saturated heterocycles. The minimum atomic E-state index is -0.0405. The first kappa shape index (κ1) is 24.9. The zero-order chi connectivity index (χ0) is 18.6. The van der Waals surface area contributed by atoms with E-state index in [9.17, 15) is 4.79 Å². The van der Waals surface area contributed by atoms with Crippen molar-refractivity contribution >= 4 is 21.9 Å². The molecule has 0 radical (unpaired) electrons. The number of carbonyl (C=O) groups excluding carboxylic acids is 1. The van der Waals surface area contributed by atoms with Crippen LogP contribution in [-0.4, -0.2) is 30.6 Å². The van der Waals surface area contributed by atoms with Crippen LogP contribution in [0, 0.1) is 0 Å². The van der Waals surface area contributed by atoms with Gasteiger partial charge in [-0.15, -0.1) is 0 Å². The standard InChI is InChI=1S/C21H41BrO3/c1-3-5-9-14-20(24-18-6-4-2)15-10-7-8-13-19-25-21(23)16-11-12-17-22/h20H,3-19H2,1-2H3. The number of hydrogen-bond acceptors (Lipinski definition) is 3. The first-order valence-corrected chi connectivity index (χ1v) is 11.7. The maximum absolute atomic E-state index is 11.5. The summed E-state index contributed by atoms with van der Waals surface area (Å²) in [5.41, 5.74) is 0. The molecule has 0 N–H and O–H groups in total. The lowest BCUT2D eigenvalue weighted by Gasteiger charge is -2.18. The molecule has 0 bridgehead atoms. The average molecular weight is 421 g/mol. The third kappa shape index (κ3) is 18.5. The number of unbranched alkanes of at least 4 members (excludes halogenated alkanes) is 7. The van der Waals surface area contributed by atoms with Crippen LogP contribution < -0.4 is 0 Å². The normalized spacial score (nSPS) is 12.3. The highest BCUT2D eigenvalue weighted by atomic mass is 79.9. The van der Waals surface area contributed by atoms with Crippen molar-refractivity contribution in [2.24, 2.45) is 0 Å². The van der Waals surface area contributed by atoms with Crippen molar-refractivity contribution in [3.63, 3.8) is 0 Å². The summed E-state index contributed by atoms with van der Waals surface area (Å²) in [4.78, 5) is 11.5. The molecule has 150 valence electrons. The first-order chi connectivity index (χ1) is 12.2. The Balaban J connectivity index is 3.59. The van der Waals surface area contributed by atoms with E-state index in [1.807, 2.05) is 0 Å². The summed E-state index contributed by atoms with van der Waals surface area (Å²) < 4.78 is 11.3. The number of carbonyl (C=O) groups is 1. The van der Waals surface area contributed by atoms with E-state index in [0.29, 0.717) is 19.1 Å². The Morgan fingerprint density at radius 2 is 1.48 bits per heavy atom. The Morgan fingerprint density at radius 1 is 0.800 bits per heavy atom. The van der Waals surface area contributed by atoms with Crippen LogP contribution in [-0.2, 0) is 14.3 Å². The van der Waals surface area contributed by atoms with Crippen LogP contribution in [0.1, 0.15) is 104 Å². The lowest BCUT2D eigenvalue weighted by Crippen LogP contribution is -2.14. The molecule has 0 aromatic carbocycles. The highest BCUT2D eigenvalue weighted by molar-refractivity contribution is 9.09. The molecule has 0 spiro atoms. The molecule has 0 aliphatic rings. The third-order valence-corrected chi connectivity index (χ3v) is 4.99. The van der Waals surface area contributed by atoms with E-state index in [0.717, 1.165) is 37.6 Å². The summed E-state index contributed by atoms with van der Waals surface area (Å²) in [6.07, 6.45) is 16.2. The van der Waals surface area contributed by atoms with Gasteiger partial charge < -0.3 is 9.47 Å². The van der Waals surface area contributed by atoms with Crippen LogP contribution >= 0.6 is 15.9 Å². The van der Waals surface area contributed by atoms with E-state index in [1.54, 1.807) is 0 Å². The van der Waals surface area contributed by atoms with Gasteiger partial charge in [-0.1, -0.05) is 74.7 Å². The van der Waals surface area contributed by atoms with E-state index in [-0.39, 0.29) is 5.97 Å². The van der Waals surface area contributed by atoms with Gasteiger partial charge >= 0.3 is 5.97 Å². The molecule has 0 saturated carbocycles. The number of ether oxygens (including phenoxy) is 2. The minimum absolute atomic E-state index is 0.0405. The lowest BCUT2D eigenvalue weighted by molar-refractivity contribution is -0.143. The molecule has 0 aliphatic carbocycles. The summed E-state index contributed by atoms with van der Waals surface area (Å²) in [5, 5.41) is 0.960. The van der Waals surface area contributed by atoms with Gasteiger partial charge in [0, 0.05) is 18.4 Å². The number of esters is 1. The Labute approximate surface area is 164 Å². The Hall–Kier alpha value is -0.0900. The van der Waals surface area contributed by atoms with Crippen molar-refractivity contribution in [3.8, 4) is 0 Å². The van der Waals surface area contributed by atoms with Gasteiger partial charge in [-0.25, -0.2) is 0 Å². The number of alkyl halides is 1. The van der Waals surface area contributed by atoms with Crippen molar-refractivity contribution in [2.75, 3.05) is 18.5 Å². The molecule has 3 nitrogen and oxygen atoms in total. The molecule has 0 amide bonds. The molecule has 1 atom stereocenters. The molecule has 0 fully saturated rings. The molecule has 0 aliphatic heterocycles. The number of rotatable bonds is 19. The van der Waals surface area contributed by atoms with Gasteiger partial charge in [0.1, 0.15) is 0 Å². The van der Waals surface area contributed by atoms with E-state index < -0.39 is 0 Å². The van der Waals surface area contributed by atoms with E-state index >= 15 is 0 Å². The third-order valence-electron chi connectivity index (χ3n) is 4.43. The monoisotopic (exact) mass is 420 g/mol. The zero-order valence-corrected chi connectivity index (χ0v) is 18.3. The van der Waals surface area contributed by atoms with E-state index in [4.69, 9.17) is 9.47 Å². The summed E-state index contributed by atoms with van der Waals surface area (Å²) in [7, 11) is 0.